The minimum Gasteiger partial charge on any atom is -0.380 e. The molecule has 1 aliphatic carbocycles. The Labute approximate surface area is 177 Å². The van der Waals surface area contributed by atoms with Crippen LogP contribution >= 0.6 is 0 Å². The van der Waals surface area contributed by atoms with Crippen molar-refractivity contribution in [1.82, 2.24) is 14.1 Å². The quantitative estimate of drug-likeness (QED) is 0.610. The molecule has 0 spiro atoms. The minimum atomic E-state index is -1.64. The van der Waals surface area contributed by atoms with Gasteiger partial charge < -0.3 is 8.97 Å². The highest BCUT2D eigenvalue weighted by atomic mass is 28.3. The maximum Gasteiger partial charge on any atom is 0.163 e. The predicted molar refractivity (Wildman–Crippen MR) is 124 cm³/mol. The van der Waals surface area contributed by atoms with Crippen LogP contribution in [0.5, 0.6) is 0 Å². The van der Waals surface area contributed by atoms with Crippen LogP contribution in [-0.2, 0) is 4.74 Å². The Balaban J connectivity index is 1.47. The molecule has 1 saturated carbocycles. The number of nitrogens with zero attached hydrogens (tertiary/aromatic N) is 3. The summed E-state index contributed by atoms with van der Waals surface area (Å²) in [7, 11) is -1.64. The maximum absolute atomic E-state index is 5.64. The molecule has 2 aromatic rings. The first-order valence-electron chi connectivity index (χ1n) is 11.6. The van der Waals surface area contributed by atoms with Gasteiger partial charge in [0.1, 0.15) is 5.65 Å². The van der Waals surface area contributed by atoms with Crippen LogP contribution in [0.15, 0.2) is 24.5 Å². The van der Waals surface area contributed by atoms with E-state index in [4.69, 9.17) is 9.72 Å². The van der Waals surface area contributed by atoms with E-state index in [1.807, 2.05) is 0 Å². The number of ether oxygens (including phenoxy) is 1. The first-order valence-corrected chi connectivity index (χ1v) is 14.5. The van der Waals surface area contributed by atoms with Crippen molar-refractivity contribution in [2.45, 2.75) is 83.0 Å². The molecule has 4 nitrogen and oxygen atoms in total. The van der Waals surface area contributed by atoms with E-state index in [1.54, 1.807) is 0 Å². The van der Waals surface area contributed by atoms with Crippen LogP contribution in [0.25, 0.3) is 11.0 Å². The number of rotatable bonds is 3. The van der Waals surface area contributed by atoms with Gasteiger partial charge in [-0.1, -0.05) is 33.9 Å². The van der Waals surface area contributed by atoms with Gasteiger partial charge in [-0.05, 0) is 67.0 Å². The summed E-state index contributed by atoms with van der Waals surface area (Å²) >= 11 is 0. The van der Waals surface area contributed by atoms with Crippen molar-refractivity contribution in [3.63, 3.8) is 0 Å². The summed E-state index contributed by atoms with van der Waals surface area (Å²) in [4.78, 5) is 7.67. The Morgan fingerprint density at radius 1 is 1.07 bits per heavy atom. The van der Waals surface area contributed by atoms with Crippen molar-refractivity contribution in [1.29, 1.82) is 0 Å². The molecular formula is C24H39N3OSi. The molecule has 0 unspecified atom stereocenters. The Bertz CT molecular complexity index is 822. The Morgan fingerprint density at radius 3 is 2.55 bits per heavy atom. The molecule has 3 heterocycles. The summed E-state index contributed by atoms with van der Waals surface area (Å²) in [5.41, 5.74) is 2.63. The fraction of sp³-hybridized carbons (Fsp3) is 0.708. The highest BCUT2D eigenvalue weighted by molar-refractivity contribution is 6.79. The highest BCUT2D eigenvalue weighted by Crippen LogP contribution is 2.40. The number of aromatic nitrogens is 2. The van der Waals surface area contributed by atoms with Gasteiger partial charge in [-0.15, -0.1) is 0 Å². The van der Waals surface area contributed by atoms with Gasteiger partial charge in [0, 0.05) is 37.3 Å². The summed E-state index contributed by atoms with van der Waals surface area (Å²) in [6, 6.07) is 5.47. The molecule has 1 aliphatic heterocycles. The molecule has 2 aromatic heterocycles. The van der Waals surface area contributed by atoms with Crippen LogP contribution in [0, 0.1) is 0 Å². The van der Waals surface area contributed by atoms with Gasteiger partial charge in [0.05, 0.1) is 6.61 Å². The van der Waals surface area contributed by atoms with Crippen molar-refractivity contribution in [2.24, 2.45) is 0 Å². The smallest absolute Gasteiger partial charge is 0.163 e. The third-order valence-corrected chi connectivity index (χ3v) is 13.2. The summed E-state index contributed by atoms with van der Waals surface area (Å²) in [6.45, 7) is 16.2. The van der Waals surface area contributed by atoms with E-state index in [-0.39, 0.29) is 0 Å². The lowest BCUT2D eigenvalue weighted by molar-refractivity contribution is 0.118. The lowest BCUT2D eigenvalue weighted by atomic mass is 9.81. The van der Waals surface area contributed by atoms with E-state index in [1.165, 1.54) is 55.2 Å². The summed E-state index contributed by atoms with van der Waals surface area (Å²) in [5.74, 6) is 0.669. The lowest BCUT2D eigenvalue weighted by Crippen LogP contribution is -2.45. The molecule has 1 saturated heterocycles. The first-order chi connectivity index (χ1) is 13.8. The van der Waals surface area contributed by atoms with Crippen LogP contribution in [0.3, 0.4) is 0 Å². The van der Waals surface area contributed by atoms with Gasteiger partial charge in [0.15, 0.2) is 8.24 Å². The van der Waals surface area contributed by atoms with E-state index < -0.39 is 8.24 Å². The van der Waals surface area contributed by atoms with Crippen molar-refractivity contribution >= 4 is 19.3 Å². The summed E-state index contributed by atoms with van der Waals surface area (Å²) in [6.07, 6.45) is 10.9. The fourth-order valence-electron chi connectivity index (χ4n) is 4.98. The molecule has 2 fully saturated rings. The zero-order valence-electron chi connectivity index (χ0n) is 19.1. The largest absolute Gasteiger partial charge is 0.380 e. The van der Waals surface area contributed by atoms with Crippen molar-refractivity contribution in [3.05, 3.63) is 30.1 Å². The van der Waals surface area contributed by atoms with E-state index in [0.717, 1.165) is 25.8 Å². The molecule has 160 valence electrons. The molecule has 0 amide bonds. The Hall–Kier alpha value is -1.17. The molecule has 0 bridgehead atoms. The Kier molecular flexibility index (Phi) is 5.93. The van der Waals surface area contributed by atoms with E-state index in [2.05, 4.69) is 67.5 Å². The molecule has 4 rings (SSSR count). The van der Waals surface area contributed by atoms with Gasteiger partial charge in [-0.2, -0.15) is 0 Å². The van der Waals surface area contributed by atoms with Gasteiger partial charge in [-0.3, -0.25) is 4.90 Å². The average molecular weight is 414 g/mol. The highest BCUT2D eigenvalue weighted by Gasteiger charge is 2.38. The van der Waals surface area contributed by atoms with Crippen LogP contribution < -0.4 is 0 Å². The van der Waals surface area contributed by atoms with Crippen LogP contribution in [-0.4, -0.2) is 54.7 Å². The molecule has 2 aliphatic rings. The van der Waals surface area contributed by atoms with E-state index in [0.29, 0.717) is 11.0 Å². The minimum absolute atomic E-state index is 0.302. The third-order valence-electron chi connectivity index (χ3n) is 7.93. The van der Waals surface area contributed by atoms with Gasteiger partial charge in [0.25, 0.3) is 0 Å². The molecule has 5 heteroatoms. The summed E-state index contributed by atoms with van der Waals surface area (Å²) < 4.78 is 8.15. The topological polar surface area (TPSA) is 30.3 Å². The molecule has 29 heavy (non-hydrogen) atoms. The van der Waals surface area contributed by atoms with Gasteiger partial charge in [0.2, 0.25) is 0 Å². The first kappa shape index (κ1) is 21.1. The van der Waals surface area contributed by atoms with E-state index in [9.17, 15) is 0 Å². The second-order valence-corrected chi connectivity index (χ2v) is 15.8. The van der Waals surface area contributed by atoms with E-state index >= 15 is 0 Å². The van der Waals surface area contributed by atoms with Gasteiger partial charge in [-0.25, -0.2) is 4.98 Å². The van der Waals surface area contributed by atoms with Crippen LogP contribution in [0.2, 0.25) is 18.1 Å². The van der Waals surface area contributed by atoms with Crippen molar-refractivity contribution in [3.8, 4) is 0 Å². The predicted octanol–water partition coefficient (Wildman–Crippen LogP) is 5.64. The zero-order chi connectivity index (χ0) is 20.6. The zero-order valence-corrected chi connectivity index (χ0v) is 20.1. The number of pyridine rings is 1. The second-order valence-electron chi connectivity index (χ2n) is 10.7. The fourth-order valence-corrected chi connectivity index (χ4v) is 6.87. The van der Waals surface area contributed by atoms with Crippen molar-refractivity contribution < 1.29 is 4.74 Å². The monoisotopic (exact) mass is 413 g/mol. The number of hydrogen-bond donors (Lipinski definition) is 0. The van der Waals surface area contributed by atoms with Crippen LogP contribution in [0.4, 0.5) is 0 Å². The lowest BCUT2D eigenvalue weighted by Gasteiger charge is -2.38. The van der Waals surface area contributed by atoms with Gasteiger partial charge >= 0.3 is 0 Å². The average Bonchev–Trinajstić information content (AvgIpc) is 2.93. The SMILES string of the molecule is CC(C)(C)[Si](C)(C)n1ccc2cc([C@H]3CC[C@@H](N4CCCOCC4)CC3)cnc21. The second kappa shape index (κ2) is 8.16. The molecule has 0 N–H and O–H groups in total. The molecular weight excluding hydrogens is 374 g/mol. The number of fused-ring (bicyclic) bond motifs is 1. The standard InChI is InChI=1S/C24H39N3OSi/c1-24(2,3)29(4,5)27-13-11-20-17-21(18-25-23(20)27)19-7-9-22(10-8-19)26-12-6-15-28-16-14-26/h11,13,17-19,22H,6-10,12,14-16H2,1-5H3/t19-,22+. The normalized spacial score (nSPS) is 25.3. The Morgan fingerprint density at radius 2 is 1.83 bits per heavy atom. The molecule has 0 atom stereocenters. The number of hydrogen-bond acceptors (Lipinski definition) is 3. The molecule has 0 radical (unpaired) electrons. The summed E-state index contributed by atoms with van der Waals surface area (Å²) in [5, 5.41) is 1.62. The molecule has 0 aromatic carbocycles. The van der Waals surface area contributed by atoms with Crippen LogP contribution in [0.1, 0.15) is 64.4 Å². The third kappa shape index (κ3) is 4.19. The maximum atomic E-state index is 5.64. The van der Waals surface area contributed by atoms with Crippen molar-refractivity contribution in [2.75, 3.05) is 26.3 Å².